The van der Waals surface area contributed by atoms with Crippen molar-refractivity contribution in [3.8, 4) is 11.5 Å². The van der Waals surface area contributed by atoms with Crippen molar-refractivity contribution < 1.29 is 14.2 Å². The molecule has 94 valence electrons. The number of ether oxygens (including phenoxy) is 1. The van der Waals surface area contributed by atoms with Gasteiger partial charge in [-0.05, 0) is 18.2 Å². The standard InChI is InChI=1S/C13H13FN2O2/c1-18-10-5-2-4-9(13(10)17)8-15-12-7-3-6-11(14)16-12/h2-7,17H,8H2,1H3,(H,15,16). The highest BCUT2D eigenvalue weighted by Crippen LogP contribution is 2.29. The number of para-hydroxylation sites is 1. The maximum atomic E-state index is 12.9. The number of methoxy groups -OCH3 is 1. The number of anilines is 1. The largest absolute Gasteiger partial charge is 0.504 e. The van der Waals surface area contributed by atoms with Gasteiger partial charge in [0.25, 0.3) is 0 Å². The maximum Gasteiger partial charge on any atom is 0.214 e. The first-order chi connectivity index (χ1) is 8.70. The topological polar surface area (TPSA) is 54.4 Å². The van der Waals surface area contributed by atoms with E-state index in [4.69, 9.17) is 4.74 Å². The van der Waals surface area contributed by atoms with E-state index < -0.39 is 5.95 Å². The molecule has 0 fully saturated rings. The minimum Gasteiger partial charge on any atom is -0.504 e. The Morgan fingerprint density at radius 1 is 1.28 bits per heavy atom. The fourth-order valence-electron chi connectivity index (χ4n) is 1.57. The molecule has 0 saturated heterocycles. The van der Waals surface area contributed by atoms with Crippen LogP contribution in [0.2, 0.25) is 0 Å². The smallest absolute Gasteiger partial charge is 0.214 e. The van der Waals surface area contributed by atoms with E-state index >= 15 is 0 Å². The van der Waals surface area contributed by atoms with Crippen LogP contribution < -0.4 is 10.1 Å². The van der Waals surface area contributed by atoms with Crippen molar-refractivity contribution in [2.24, 2.45) is 0 Å². The molecule has 4 nitrogen and oxygen atoms in total. The van der Waals surface area contributed by atoms with Gasteiger partial charge in [-0.2, -0.15) is 4.39 Å². The molecule has 0 radical (unpaired) electrons. The Morgan fingerprint density at radius 2 is 2.06 bits per heavy atom. The average molecular weight is 248 g/mol. The lowest BCUT2D eigenvalue weighted by molar-refractivity contribution is 0.371. The van der Waals surface area contributed by atoms with E-state index in [2.05, 4.69) is 10.3 Å². The van der Waals surface area contributed by atoms with Crippen LogP contribution in [-0.4, -0.2) is 17.2 Å². The third-order valence-electron chi connectivity index (χ3n) is 2.48. The van der Waals surface area contributed by atoms with Crippen molar-refractivity contribution in [1.29, 1.82) is 0 Å². The van der Waals surface area contributed by atoms with Gasteiger partial charge >= 0.3 is 0 Å². The summed E-state index contributed by atoms with van der Waals surface area (Å²) in [6.07, 6.45) is 0. The van der Waals surface area contributed by atoms with Gasteiger partial charge in [0.2, 0.25) is 5.95 Å². The number of nitrogens with one attached hydrogen (secondary N) is 1. The normalized spacial score (nSPS) is 10.1. The van der Waals surface area contributed by atoms with Crippen LogP contribution in [0.1, 0.15) is 5.56 Å². The van der Waals surface area contributed by atoms with Crippen LogP contribution in [0.5, 0.6) is 11.5 Å². The summed E-state index contributed by atoms with van der Waals surface area (Å²) in [6, 6.07) is 9.68. The quantitative estimate of drug-likeness (QED) is 0.816. The first-order valence-corrected chi connectivity index (χ1v) is 5.42. The molecule has 0 saturated carbocycles. The van der Waals surface area contributed by atoms with Crippen molar-refractivity contribution in [3.63, 3.8) is 0 Å². The third-order valence-corrected chi connectivity index (χ3v) is 2.48. The van der Waals surface area contributed by atoms with Gasteiger partial charge in [-0.1, -0.05) is 18.2 Å². The number of halogens is 1. The second-order valence-electron chi connectivity index (χ2n) is 3.67. The minimum atomic E-state index is -0.546. The SMILES string of the molecule is COc1cccc(CNc2cccc(F)n2)c1O. The van der Waals surface area contributed by atoms with Crippen molar-refractivity contribution in [1.82, 2.24) is 4.98 Å². The first-order valence-electron chi connectivity index (χ1n) is 5.42. The molecular weight excluding hydrogens is 235 g/mol. The lowest BCUT2D eigenvalue weighted by Crippen LogP contribution is -2.02. The number of pyridine rings is 1. The summed E-state index contributed by atoms with van der Waals surface area (Å²) < 4.78 is 17.9. The first kappa shape index (κ1) is 12.2. The van der Waals surface area contributed by atoms with E-state index in [-0.39, 0.29) is 5.75 Å². The molecule has 2 aromatic rings. The summed E-state index contributed by atoms with van der Waals surface area (Å²) in [5.41, 5.74) is 0.653. The van der Waals surface area contributed by atoms with E-state index in [1.54, 1.807) is 30.3 Å². The molecule has 18 heavy (non-hydrogen) atoms. The van der Waals surface area contributed by atoms with E-state index in [1.807, 2.05) is 0 Å². The second-order valence-corrected chi connectivity index (χ2v) is 3.67. The molecule has 0 spiro atoms. The Kier molecular flexibility index (Phi) is 3.62. The summed E-state index contributed by atoms with van der Waals surface area (Å²) in [7, 11) is 1.49. The van der Waals surface area contributed by atoms with Gasteiger partial charge in [-0.25, -0.2) is 4.98 Å². The van der Waals surface area contributed by atoms with Gasteiger partial charge in [0, 0.05) is 12.1 Å². The highest BCUT2D eigenvalue weighted by atomic mass is 19.1. The summed E-state index contributed by atoms with van der Waals surface area (Å²) in [6.45, 7) is 0.333. The van der Waals surface area contributed by atoms with Gasteiger partial charge in [-0.3, -0.25) is 0 Å². The molecular formula is C13H13FN2O2. The van der Waals surface area contributed by atoms with Gasteiger partial charge < -0.3 is 15.2 Å². The Bertz CT molecular complexity index is 546. The number of rotatable bonds is 4. The zero-order chi connectivity index (χ0) is 13.0. The van der Waals surface area contributed by atoms with Crippen molar-refractivity contribution in [2.75, 3.05) is 12.4 Å². The highest BCUT2D eigenvalue weighted by Gasteiger charge is 2.07. The highest BCUT2D eigenvalue weighted by molar-refractivity contribution is 5.47. The number of aromatic hydroxyl groups is 1. The van der Waals surface area contributed by atoms with E-state index in [0.29, 0.717) is 23.7 Å². The second kappa shape index (κ2) is 5.35. The molecule has 2 rings (SSSR count). The zero-order valence-electron chi connectivity index (χ0n) is 9.85. The Labute approximate surface area is 104 Å². The molecule has 0 unspecified atom stereocenters. The molecule has 0 atom stereocenters. The summed E-state index contributed by atoms with van der Waals surface area (Å²) in [5, 5.41) is 12.8. The number of hydrogen-bond donors (Lipinski definition) is 2. The predicted molar refractivity (Wildman–Crippen MR) is 66.2 cm³/mol. The van der Waals surface area contributed by atoms with E-state index in [0.717, 1.165) is 0 Å². The summed E-state index contributed by atoms with van der Waals surface area (Å²) >= 11 is 0. The van der Waals surface area contributed by atoms with Crippen LogP contribution in [0.4, 0.5) is 10.2 Å². The van der Waals surface area contributed by atoms with Crippen LogP contribution in [0.15, 0.2) is 36.4 Å². The Balaban J connectivity index is 2.11. The Morgan fingerprint density at radius 3 is 2.78 bits per heavy atom. The summed E-state index contributed by atoms with van der Waals surface area (Å²) in [4.78, 5) is 3.67. The molecule has 1 aromatic heterocycles. The molecule has 1 aromatic carbocycles. The van der Waals surface area contributed by atoms with Crippen LogP contribution in [0, 0.1) is 5.95 Å². The Hall–Kier alpha value is -2.30. The van der Waals surface area contributed by atoms with E-state index in [9.17, 15) is 9.50 Å². The fraction of sp³-hybridized carbons (Fsp3) is 0.154. The molecule has 0 bridgehead atoms. The van der Waals surface area contributed by atoms with Crippen LogP contribution in [-0.2, 0) is 6.54 Å². The number of nitrogens with zero attached hydrogens (tertiary/aromatic N) is 1. The lowest BCUT2D eigenvalue weighted by Gasteiger charge is -2.10. The molecule has 0 aliphatic rings. The molecule has 0 aliphatic heterocycles. The van der Waals surface area contributed by atoms with Crippen molar-refractivity contribution >= 4 is 5.82 Å². The third kappa shape index (κ3) is 2.68. The molecule has 5 heteroatoms. The average Bonchev–Trinajstić information content (AvgIpc) is 2.38. The van der Waals surface area contributed by atoms with E-state index in [1.165, 1.54) is 13.2 Å². The van der Waals surface area contributed by atoms with Crippen LogP contribution in [0.25, 0.3) is 0 Å². The summed E-state index contributed by atoms with van der Waals surface area (Å²) in [5.74, 6) is 0.345. The maximum absolute atomic E-state index is 12.9. The monoisotopic (exact) mass is 248 g/mol. The van der Waals surface area contributed by atoms with Crippen molar-refractivity contribution in [2.45, 2.75) is 6.54 Å². The molecule has 2 N–H and O–H groups in total. The molecule has 0 amide bonds. The predicted octanol–water partition coefficient (Wildman–Crippen LogP) is 2.55. The number of phenols is 1. The van der Waals surface area contributed by atoms with Gasteiger partial charge in [0.05, 0.1) is 7.11 Å². The zero-order valence-corrected chi connectivity index (χ0v) is 9.85. The molecule has 1 heterocycles. The number of aromatic nitrogens is 1. The minimum absolute atomic E-state index is 0.0731. The van der Waals surface area contributed by atoms with Crippen LogP contribution >= 0.6 is 0 Å². The van der Waals surface area contributed by atoms with Crippen LogP contribution in [0.3, 0.4) is 0 Å². The lowest BCUT2D eigenvalue weighted by atomic mass is 10.2. The van der Waals surface area contributed by atoms with Crippen molar-refractivity contribution in [3.05, 3.63) is 47.9 Å². The van der Waals surface area contributed by atoms with Gasteiger partial charge in [-0.15, -0.1) is 0 Å². The van der Waals surface area contributed by atoms with Gasteiger partial charge in [0.1, 0.15) is 5.82 Å². The fourth-order valence-corrected chi connectivity index (χ4v) is 1.57. The number of phenolic OH excluding ortho intramolecular Hbond substituents is 1. The molecule has 0 aliphatic carbocycles. The number of hydrogen-bond acceptors (Lipinski definition) is 4. The number of benzene rings is 1. The van der Waals surface area contributed by atoms with Gasteiger partial charge in [0.15, 0.2) is 11.5 Å².